The van der Waals surface area contributed by atoms with Gasteiger partial charge < -0.3 is 9.64 Å². The van der Waals surface area contributed by atoms with Crippen LogP contribution < -0.4 is 0 Å². The van der Waals surface area contributed by atoms with Crippen LogP contribution in [0.15, 0.2) is 47.4 Å². The van der Waals surface area contributed by atoms with Gasteiger partial charge in [-0.2, -0.15) is 4.31 Å². The number of halogens is 2. The first kappa shape index (κ1) is 23.2. The Morgan fingerprint density at radius 3 is 2.44 bits per heavy atom. The van der Waals surface area contributed by atoms with Crippen LogP contribution in [0.25, 0.3) is 0 Å². The van der Waals surface area contributed by atoms with Crippen molar-refractivity contribution in [1.82, 2.24) is 9.21 Å². The Labute approximate surface area is 193 Å². The number of sulfonamides is 1. The van der Waals surface area contributed by atoms with Gasteiger partial charge in [0.1, 0.15) is 10.7 Å². The number of morpholine rings is 1. The molecule has 2 aliphatic rings. The lowest BCUT2D eigenvalue weighted by atomic mass is 10.1. The third kappa shape index (κ3) is 4.83. The van der Waals surface area contributed by atoms with Gasteiger partial charge in [-0.1, -0.05) is 29.8 Å². The predicted molar refractivity (Wildman–Crippen MR) is 120 cm³/mol. The molecule has 9 heteroatoms. The Morgan fingerprint density at radius 2 is 1.81 bits per heavy atom. The van der Waals surface area contributed by atoms with Crippen molar-refractivity contribution >= 4 is 27.5 Å². The summed E-state index contributed by atoms with van der Waals surface area (Å²) < 4.78 is 47.9. The molecule has 0 aromatic heterocycles. The average Bonchev–Trinajstić information content (AvgIpc) is 3.57. The van der Waals surface area contributed by atoms with Crippen molar-refractivity contribution in [1.29, 1.82) is 0 Å². The minimum absolute atomic E-state index is 0.0128. The van der Waals surface area contributed by atoms with E-state index in [1.54, 1.807) is 23.1 Å². The molecule has 2 fully saturated rings. The fourth-order valence-corrected chi connectivity index (χ4v) is 6.12. The molecule has 2 atom stereocenters. The highest BCUT2D eigenvalue weighted by Crippen LogP contribution is 2.32. The summed E-state index contributed by atoms with van der Waals surface area (Å²) in [5.74, 6) is -0.714. The third-order valence-corrected chi connectivity index (χ3v) is 8.04. The van der Waals surface area contributed by atoms with Crippen LogP contribution in [0, 0.1) is 5.82 Å². The molecule has 0 spiro atoms. The maximum absolute atomic E-state index is 14.2. The zero-order valence-electron chi connectivity index (χ0n) is 18.0. The van der Waals surface area contributed by atoms with Gasteiger partial charge in [0, 0.05) is 36.8 Å². The van der Waals surface area contributed by atoms with Gasteiger partial charge in [-0.3, -0.25) is 4.79 Å². The van der Waals surface area contributed by atoms with Gasteiger partial charge in [0.15, 0.2) is 0 Å². The van der Waals surface area contributed by atoms with E-state index in [2.05, 4.69) is 0 Å². The lowest BCUT2D eigenvalue weighted by molar-refractivity contribution is -0.0440. The first-order valence-electron chi connectivity index (χ1n) is 10.7. The van der Waals surface area contributed by atoms with Crippen molar-refractivity contribution in [3.05, 3.63) is 64.4 Å². The van der Waals surface area contributed by atoms with Crippen molar-refractivity contribution < 1.29 is 22.3 Å². The van der Waals surface area contributed by atoms with Gasteiger partial charge in [0.2, 0.25) is 10.0 Å². The van der Waals surface area contributed by atoms with E-state index in [-0.39, 0.29) is 65.1 Å². The highest BCUT2D eigenvalue weighted by atomic mass is 35.5. The predicted octanol–water partition coefficient (Wildman–Crippen LogP) is 4.08. The molecule has 1 saturated carbocycles. The van der Waals surface area contributed by atoms with E-state index in [4.69, 9.17) is 16.3 Å². The van der Waals surface area contributed by atoms with Crippen molar-refractivity contribution in [2.45, 2.75) is 56.4 Å². The second kappa shape index (κ2) is 9.09. The molecule has 6 nitrogen and oxygen atoms in total. The van der Waals surface area contributed by atoms with Gasteiger partial charge in [-0.25, -0.2) is 12.8 Å². The average molecular weight is 481 g/mol. The van der Waals surface area contributed by atoms with Gasteiger partial charge in [-0.15, -0.1) is 0 Å². The molecule has 2 aromatic rings. The summed E-state index contributed by atoms with van der Waals surface area (Å²) in [6.07, 6.45) is 1.18. The van der Waals surface area contributed by atoms with Gasteiger partial charge in [0.05, 0.1) is 17.2 Å². The second-order valence-corrected chi connectivity index (χ2v) is 10.8. The number of nitrogens with zero attached hydrogens (tertiary/aromatic N) is 2. The van der Waals surface area contributed by atoms with Gasteiger partial charge in [0.25, 0.3) is 5.91 Å². The number of hydrogen-bond acceptors (Lipinski definition) is 4. The normalized spacial score (nSPS) is 22.0. The summed E-state index contributed by atoms with van der Waals surface area (Å²) in [6.45, 7) is 4.18. The molecule has 1 amide bonds. The monoisotopic (exact) mass is 480 g/mol. The van der Waals surface area contributed by atoms with Crippen LogP contribution in [0.3, 0.4) is 0 Å². The minimum Gasteiger partial charge on any atom is -0.373 e. The first-order valence-corrected chi connectivity index (χ1v) is 12.5. The molecule has 32 heavy (non-hydrogen) atoms. The minimum atomic E-state index is -3.92. The zero-order chi connectivity index (χ0) is 23.0. The SMILES string of the molecule is C[C@H]1CN(S(=O)(=O)c2cc(C(=O)N(Cc3ccccc3F)C3CC3)ccc2Cl)C[C@H](C)O1. The van der Waals surface area contributed by atoms with Crippen molar-refractivity contribution in [3.8, 4) is 0 Å². The number of amides is 1. The smallest absolute Gasteiger partial charge is 0.254 e. The van der Waals surface area contributed by atoms with E-state index in [0.717, 1.165) is 12.8 Å². The van der Waals surface area contributed by atoms with Crippen LogP contribution in [0.2, 0.25) is 5.02 Å². The van der Waals surface area contributed by atoms with E-state index in [1.807, 2.05) is 13.8 Å². The van der Waals surface area contributed by atoms with E-state index in [0.29, 0.717) is 5.56 Å². The molecule has 0 radical (unpaired) electrons. The van der Waals surface area contributed by atoms with E-state index in [1.165, 1.54) is 28.6 Å². The Kier molecular flexibility index (Phi) is 6.58. The summed E-state index contributed by atoms with van der Waals surface area (Å²) >= 11 is 6.27. The molecular formula is C23H26ClFN2O4S. The fraction of sp³-hybridized carbons (Fsp3) is 0.435. The number of hydrogen-bond donors (Lipinski definition) is 0. The standard InChI is InChI=1S/C23H26ClFN2O4S/c1-15-12-26(13-16(2)31-15)32(29,30)22-11-17(7-10-20(22)24)23(28)27(19-8-9-19)14-18-5-3-4-6-21(18)25/h3-7,10-11,15-16,19H,8-9,12-14H2,1-2H3/t15-,16-/m0/s1. The molecule has 2 aromatic carbocycles. The molecule has 1 aliphatic heterocycles. The summed E-state index contributed by atoms with van der Waals surface area (Å²) in [5.41, 5.74) is 0.636. The maximum atomic E-state index is 14.2. The highest BCUT2D eigenvalue weighted by molar-refractivity contribution is 7.89. The molecule has 1 heterocycles. The topological polar surface area (TPSA) is 66.9 Å². The largest absolute Gasteiger partial charge is 0.373 e. The van der Waals surface area contributed by atoms with E-state index >= 15 is 0 Å². The molecule has 0 bridgehead atoms. The Morgan fingerprint density at radius 1 is 1.16 bits per heavy atom. The van der Waals surface area contributed by atoms with Crippen molar-refractivity contribution in [3.63, 3.8) is 0 Å². The lowest BCUT2D eigenvalue weighted by Gasteiger charge is -2.34. The summed E-state index contributed by atoms with van der Waals surface area (Å²) in [6, 6.07) is 10.6. The maximum Gasteiger partial charge on any atom is 0.254 e. The molecule has 1 aliphatic carbocycles. The molecule has 172 valence electrons. The molecule has 0 unspecified atom stereocenters. The van der Waals surface area contributed by atoms with Gasteiger partial charge >= 0.3 is 0 Å². The van der Waals surface area contributed by atoms with Gasteiger partial charge in [-0.05, 0) is 51.0 Å². The van der Waals surface area contributed by atoms with Crippen molar-refractivity contribution in [2.24, 2.45) is 0 Å². The first-order chi connectivity index (χ1) is 15.2. The van der Waals surface area contributed by atoms with Crippen LogP contribution >= 0.6 is 11.6 Å². The quantitative estimate of drug-likeness (QED) is 0.624. The number of carbonyl (C=O) groups is 1. The second-order valence-electron chi connectivity index (χ2n) is 8.48. The lowest BCUT2D eigenvalue weighted by Crippen LogP contribution is -2.48. The highest BCUT2D eigenvalue weighted by Gasteiger charge is 2.36. The summed E-state index contributed by atoms with van der Waals surface area (Å²) in [5, 5.41) is 0.0559. The number of ether oxygens (including phenoxy) is 1. The van der Waals surface area contributed by atoms with Crippen LogP contribution in [0.4, 0.5) is 4.39 Å². The Balaban J connectivity index is 1.64. The van der Waals surface area contributed by atoms with Crippen molar-refractivity contribution in [2.75, 3.05) is 13.1 Å². The van der Waals surface area contributed by atoms with E-state index in [9.17, 15) is 17.6 Å². The Hall–Kier alpha value is -2.00. The summed E-state index contributed by atoms with van der Waals surface area (Å²) in [4.78, 5) is 14.8. The van der Waals surface area contributed by atoms with Crippen LogP contribution in [-0.2, 0) is 21.3 Å². The number of rotatable bonds is 6. The molecule has 0 N–H and O–H groups in total. The van der Waals surface area contributed by atoms with Crippen LogP contribution in [0.5, 0.6) is 0 Å². The molecular weight excluding hydrogens is 455 g/mol. The summed E-state index contributed by atoms with van der Waals surface area (Å²) in [7, 11) is -3.92. The van der Waals surface area contributed by atoms with Crippen LogP contribution in [-0.4, -0.2) is 54.9 Å². The third-order valence-electron chi connectivity index (χ3n) is 5.73. The number of benzene rings is 2. The number of carbonyl (C=O) groups excluding carboxylic acids is 1. The molecule has 4 rings (SSSR count). The zero-order valence-corrected chi connectivity index (χ0v) is 19.6. The van der Waals surface area contributed by atoms with Crippen LogP contribution in [0.1, 0.15) is 42.6 Å². The van der Waals surface area contributed by atoms with E-state index < -0.39 is 10.0 Å². The Bertz CT molecular complexity index is 1110. The fourth-order valence-electron chi connectivity index (χ4n) is 4.03. The molecule has 1 saturated heterocycles.